The summed E-state index contributed by atoms with van der Waals surface area (Å²) in [7, 11) is -3.94. The molecular formula is C21H20FN5O5S. The number of nitrogens with zero attached hydrogens (tertiary/aromatic N) is 3. The summed E-state index contributed by atoms with van der Waals surface area (Å²) < 4.78 is 39.8. The second-order valence-corrected chi connectivity index (χ2v) is 9.38. The summed E-state index contributed by atoms with van der Waals surface area (Å²) in [5, 5.41) is 16.0. The maximum atomic E-state index is 13.1. The molecule has 0 atom stereocenters. The van der Waals surface area contributed by atoms with Gasteiger partial charge in [-0.3, -0.25) is 14.6 Å². The monoisotopic (exact) mass is 473 g/mol. The van der Waals surface area contributed by atoms with Crippen molar-refractivity contribution in [1.29, 1.82) is 0 Å². The molecule has 0 radical (unpaired) electrons. The molecular weight excluding hydrogens is 453 g/mol. The molecule has 0 unspecified atom stereocenters. The van der Waals surface area contributed by atoms with Crippen LogP contribution >= 0.6 is 0 Å². The van der Waals surface area contributed by atoms with E-state index in [1.807, 2.05) is 0 Å². The number of aromatic hydroxyl groups is 1. The van der Waals surface area contributed by atoms with Crippen LogP contribution in [0.2, 0.25) is 0 Å². The maximum Gasteiger partial charge on any atom is 0.274 e. The lowest BCUT2D eigenvalue weighted by Gasteiger charge is -2.26. The van der Waals surface area contributed by atoms with Crippen LogP contribution in [-0.2, 0) is 21.4 Å². The lowest BCUT2D eigenvalue weighted by molar-refractivity contribution is -0.119. The largest absolute Gasteiger partial charge is 0.504 e. The highest BCUT2D eigenvalue weighted by Gasteiger charge is 2.31. The van der Waals surface area contributed by atoms with Crippen molar-refractivity contribution in [3.63, 3.8) is 0 Å². The zero-order chi connectivity index (χ0) is 23.6. The Balaban J connectivity index is 1.77. The minimum atomic E-state index is -3.94. The van der Waals surface area contributed by atoms with Gasteiger partial charge in [0.05, 0.1) is 5.75 Å². The van der Waals surface area contributed by atoms with E-state index in [-0.39, 0.29) is 42.0 Å². The van der Waals surface area contributed by atoms with Gasteiger partial charge in [-0.2, -0.15) is 0 Å². The average Bonchev–Trinajstić information content (AvgIpc) is 2.80. The van der Waals surface area contributed by atoms with Crippen molar-refractivity contribution in [3.8, 4) is 5.75 Å². The molecule has 12 heteroatoms. The zero-order valence-electron chi connectivity index (χ0n) is 17.3. The van der Waals surface area contributed by atoms with Crippen molar-refractivity contribution < 1.29 is 27.5 Å². The Labute approximate surface area is 188 Å². The van der Waals surface area contributed by atoms with Crippen molar-refractivity contribution in [2.75, 3.05) is 23.1 Å². The Bertz CT molecular complexity index is 1330. The first kappa shape index (κ1) is 22.4. The fourth-order valence-corrected chi connectivity index (χ4v) is 4.85. The van der Waals surface area contributed by atoms with Crippen LogP contribution in [-0.4, -0.2) is 54.1 Å². The summed E-state index contributed by atoms with van der Waals surface area (Å²) in [6.07, 6.45) is 1.59. The molecule has 33 heavy (non-hydrogen) atoms. The molecule has 2 amide bonds. The molecule has 1 saturated heterocycles. The van der Waals surface area contributed by atoms with Crippen LogP contribution in [0.25, 0.3) is 10.9 Å². The molecule has 0 bridgehead atoms. The summed E-state index contributed by atoms with van der Waals surface area (Å²) in [4.78, 5) is 33.3. The fourth-order valence-electron chi connectivity index (χ4n) is 3.41. The third-order valence-electron chi connectivity index (χ3n) is 5.06. The number of anilines is 1. The molecule has 2 aromatic heterocycles. The van der Waals surface area contributed by atoms with Crippen molar-refractivity contribution >= 4 is 38.6 Å². The van der Waals surface area contributed by atoms with Crippen molar-refractivity contribution in [1.82, 2.24) is 20.6 Å². The summed E-state index contributed by atoms with van der Waals surface area (Å²) in [6.45, 7) is -0.283. The lowest BCUT2D eigenvalue weighted by Crippen LogP contribution is -2.45. The Hall–Kier alpha value is -3.80. The first-order chi connectivity index (χ1) is 15.8. The number of rotatable bonds is 4. The first-order valence-corrected chi connectivity index (χ1v) is 11.6. The van der Waals surface area contributed by atoms with Gasteiger partial charge in [0.2, 0.25) is 15.9 Å². The van der Waals surface area contributed by atoms with E-state index >= 15 is 0 Å². The molecule has 1 aromatic carbocycles. The quantitative estimate of drug-likeness (QED) is 0.514. The number of nitrogens with one attached hydrogen (secondary N) is 2. The second kappa shape index (κ2) is 8.98. The van der Waals surface area contributed by atoms with Gasteiger partial charge in [0, 0.05) is 24.7 Å². The molecule has 172 valence electrons. The molecule has 3 heterocycles. The minimum Gasteiger partial charge on any atom is -0.504 e. The Morgan fingerprint density at radius 1 is 1.24 bits per heavy atom. The van der Waals surface area contributed by atoms with E-state index in [9.17, 15) is 27.5 Å². The Kier molecular flexibility index (Phi) is 6.09. The van der Waals surface area contributed by atoms with E-state index in [4.69, 9.17) is 0 Å². The number of benzene rings is 1. The number of carbonyl (C=O) groups excluding carboxylic acids is 2. The fraction of sp³-hybridized carbons (Fsp3) is 0.238. The van der Waals surface area contributed by atoms with Gasteiger partial charge in [0.15, 0.2) is 17.3 Å². The van der Waals surface area contributed by atoms with Gasteiger partial charge in [-0.05, 0) is 36.2 Å². The molecule has 0 saturated carbocycles. The molecule has 3 aromatic rings. The topological polar surface area (TPSA) is 142 Å². The number of hydrogen-bond acceptors (Lipinski definition) is 7. The van der Waals surface area contributed by atoms with Crippen molar-refractivity contribution in [2.24, 2.45) is 0 Å². The SMILES string of the molecule is O=C1CN(c2nc(C(=O)NCc3ccc(F)cc3)c(O)c3ncccc23)S(=O)(=O)CCCN1. The molecule has 1 fully saturated rings. The first-order valence-electron chi connectivity index (χ1n) is 10.0. The predicted molar refractivity (Wildman–Crippen MR) is 118 cm³/mol. The summed E-state index contributed by atoms with van der Waals surface area (Å²) in [5.74, 6) is -2.68. The van der Waals surface area contributed by atoms with Gasteiger partial charge in [0.1, 0.15) is 17.9 Å². The highest BCUT2D eigenvalue weighted by molar-refractivity contribution is 7.92. The van der Waals surface area contributed by atoms with E-state index in [1.54, 1.807) is 0 Å². The van der Waals surface area contributed by atoms with Crippen molar-refractivity contribution in [3.05, 3.63) is 59.7 Å². The standard InChI is InChI=1S/C21H20FN5O5S/c22-14-6-4-13(5-7-14)11-25-21(30)18-19(29)17-15(3-1-8-24-17)20(26-18)27-12-16(28)23-9-2-10-33(27,31)32/h1,3-8,29H,2,9-12H2,(H,23,28)(H,25,30). The van der Waals surface area contributed by atoms with Gasteiger partial charge in [-0.25, -0.2) is 22.1 Å². The number of aromatic nitrogens is 2. The maximum absolute atomic E-state index is 13.1. The van der Waals surface area contributed by atoms with E-state index in [0.717, 1.165) is 4.31 Å². The van der Waals surface area contributed by atoms with Gasteiger partial charge in [0.25, 0.3) is 5.91 Å². The molecule has 4 rings (SSSR count). The highest BCUT2D eigenvalue weighted by Crippen LogP contribution is 2.34. The third-order valence-corrected chi connectivity index (χ3v) is 6.83. The van der Waals surface area contributed by atoms with E-state index in [1.165, 1.54) is 42.6 Å². The van der Waals surface area contributed by atoms with Crippen LogP contribution in [0.1, 0.15) is 22.5 Å². The molecule has 3 N–H and O–H groups in total. The second-order valence-electron chi connectivity index (χ2n) is 7.37. The van der Waals surface area contributed by atoms with Crippen LogP contribution in [0.5, 0.6) is 5.75 Å². The summed E-state index contributed by atoms with van der Waals surface area (Å²) in [6, 6.07) is 8.48. The molecule has 10 nitrogen and oxygen atoms in total. The van der Waals surface area contributed by atoms with E-state index < -0.39 is 45.6 Å². The van der Waals surface area contributed by atoms with Crippen LogP contribution in [0.4, 0.5) is 10.2 Å². The number of hydrogen-bond donors (Lipinski definition) is 3. The number of halogens is 1. The Morgan fingerprint density at radius 2 is 2.00 bits per heavy atom. The normalized spacial score (nSPS) is 16.0. The number of pyridine rings is 2. The van der Waals surface area contributed by atoms with E-state index in [2.05, 4.69) is 20.6 Å². The van der Waals surface area contributed by atoms with Crippen LogP contribution in [0.3, 0.4) is 0 Å². The van der Waals surface area contributed by atoms with E-state index in [0.29, 0.717) is 5.56 Å². The van der Waals surface area contributed by atoms with Gasteiger partial charge in [-0.15, -0.1) is 0 Å². The summed E-state index contributed by atoms with van der Waals surface area (Å²) in [5.41, 5.74) is 0.120. The molecule has 0 spiro atoms. The van der Waals surface area contributed by atoms with Crippen LogP contribution < -0.4 is 14.9 Å². The van der Waals surface area contributed by atoms with Gasteiger partial charge < -0.3 is 15.7 Å². The molecule has 1 aliphatic heterocycles. The smallest absolute Gasteiger partial charge is 0.274 e. The van der Waals surface area contributed by atoms with Crippen molar-refractivity contribution in [2.45, 2.75) is 13.0 Å². The predicted octanol–water partition coefficient (Wildman–Crippen LogP) is 1.06. The Morgan fingerprint density at radius 3 is 2.76 bits per heavy atom. The number of sulfonamides is 1. The average molecular weight is 473 g/mol. The van der Waals surface area contributed by atoms with Crippen LogP contribution in [0.15, 0.2) is 42.6 Å². The summed E-state index contributed by atoms with van der Waals surface area (Å²) >= 11 is 0. The molecule has 0 aliphatic carbocycles. The number of carbonyl (C=O) groups is 2. The minimum absolute atomic E-state index is 0.0141. The highest BCUT2D eigenvalue weighted by atomic mass is 32.2. The van der Waals surface area contributed by atoms with Crippen LogP contribution in [0, 0.1) is 5.82 Å². The van der Waals surface area contributed by atoms with Gasteiger partial charge in [-0.1, -0.05) is 12.1 Å². The third kappa shape index (κ3) is 4.70. The number of fused-ring (bicyclic) bond motifs is 1. The lowest BCUT2D eigenvalue weighted by atomic mass is 10.1. The number of amides is 2. The zero-order valence-corrected chi connectivity index (χ0v) is 18.1. The molecule has 1 aliphatic rings. The van der Waals surface area contributed by atoms with Gasteiger partial charge >= 0.3 is 0 Å².